The van der Waals surface area contributed by atoms with Crippen LogP contribution in [0.3, 0.4) is 0 Å². The molecule has 102 valence electrons. The predicted octanol–water partition coefficient (Wildman–Crippen LogP) is 1.59. The number of hydrogen-bond acceptors (Lipinski definition) is 3. The summed E-state index contributed by atoms with van der Waals surface area (Å²) in [6.45, 7) is 4.65. The molecule has 1 heterocycles. The van der Waals surface area contributed by atoms with E-state index in [-0.39, 0.29) is 11.4 Å². The highest BCUT2D eigenvalue weighted by atomic mass is 32.2. The van der Waals surface area contributed by atoms with Gasteiger partial charge in [-0.15, -0.1) is 11.8 Å². The first-order valence-electron chi connectivity index (χ1n) is 6.41. The van der Waals surface area contributed by atoms with Gasteiger partial charge in [-0.05, 0) is 31.6 Å². The third-order valence-electron chi connectivity index (χ3n) is 3.74. The molecule has 2 amide bonds. The summed E-state index contributed by atoms with van der Waals surface area (Å²) in [4.78, 5) is 24.6. The molecule has 1 saturated carbocycles. The predicted molar refractivity (Wildman–Crippen MR) is 70.5 cm³/mol. The number of nitrogens with zero attached hydrogens (tertiary/aromatic N) is 1. The Hall–Kier alpha value is -0.910. The topological polar surface area (TPSA) is 69.6 Å². The lowest BCUT2D eigenvalue weighted by Gasteiger charge is -2.26. The minimum absolute atomic E-state index is 0.0673. The van der Waals surface area contributed by atoms with Gasteiger partial charge in [0.1, 0.15) is 6.04 Å². The van der Waals surface area contributed by atoms with Crippen LogP contribution in [0.25, 0.3) is 0 Å². The second-order valence-corrected chi connectivity index (χ2v) is 6.54. The van der Waals surface area contributed by atoms with Crippen molar-refractivity contribution >= 4 is 23.8 Å². The maximum atomic E-state index is 12.1. The molecule has 0 radical (unpaired) electrons. The standard InChI is InChI=1S/C12H20N2O3S/c1-7(9-3-4-9)5-13-12(17)14-8(2)18-6-10(14)11(15)16/h7-10H,3-6H2,1-2H3,(H,13,17)(H,15,16). The van der Waals surface area contributed by atoms with Crippen molar-refractivity contribution in [1.82, 2.24) is 10.2 Å². The Bertz CT molecular complexity index is 346. The number of carboxylic acid groups (broad SMARTS) is 1. The summed E-state index contributed by atoms with van der Waals surface area (Å²) < 4.78 is 0. The number of carbonyl (C=O) groups is 2. The SMILES string of the molecule is CC(CNC(=O)N1C(C)SCC1C(=O)O)C1CC1. The first kappa shape index (κ1) is 13.5. The van der Waals surface area contributed by atoms with Gasteiger partial charge < -0.3 is 10.4 Å². The first-order valence-corrected chi connectivity index (χ1v) is 7.46. The highest BCUT2D eigenvalue weighted by Crippen LogP contribution is 2.36. The van der Waals surface area contributed by atoms with Gasteiger partial charge in [0.25, 0.3) is 0 Å². The van der Waals surface area contributed by atoms with E-state index in [0.29, 0.717) is 18.2 Å². The molecule has 0 spiro atoms. The molecule has 0 aromatic carbocycles. The fourth-order valence-electron chi connectivity index (χ4n) is 2.31. The normalized spacial score (nSPS) is 29.1. The molecule has 18 heavy (non-hydrogen) atoms. The van der Waals surface area contributed by atoms with Crippen LogP contribution in [0.15, 0.2) is 0 Å². The Labute approximate surface area is 111 Å². The summed E-state index contributed by atoms with van der Waals surface area (Å²) in [5, 5.41) is 11.9. The fraction of sp³-hybridized carbons (Fsp3) is 0.833. The summed E-state index contributed by atoms with van der Waals surface area (Å²) in [5.41, 5.74) is 0. The van der Waals surface area contributed by atoms with Gasteiger partial charge in [0.15, 0.2) is 0 Å². The largest absolute Gasteiger partial charge is 0.480 e. The zero-order valence-electron chi connectivity index (χ0n) is 10.8. The van der Waals surface area contributed by atoms with Crippen molar-refractivity contribution in [3.05, 3.63) is 0 Å². The van der Waals surface area contributed by atoms with Crippen LogP contribution >= 0.6 is 11.8 Å². The van der Waals surface area contributed by atoms with E-state index in [2.05, 4.69) is 12.2 Å². The van der Waals surface area contributed by atoms with Crippen LogP contribution in [0.2, 0.25) is 0 Å². The van der Waals surface area contributed by atoms with Gasteiger partial charge in [-0.2, -0.15) is 0 Å². The molecule has 0 bridgehead atoms. The molecule has 2 N–H and O–H groups in total. The van der Waals surface area contributed by atoms with Gasteiger partial charge in [-0.3, -0.25) is 4.90 Å². The summed E-state index contributed by atoms with van der Waals surface area (Å²) >= 11 is 1.51. The third kappa shape index (κ3) is 2.91. The third-order valence-corrected chi connectivity index (χ3v) is 4.96. The van der Waals surface area contributed by atoms with Gasteiger partial charge in [0.2, 0.25) is 0 Å². The number of carboxylic acids is 1. The van der Waals surface area contributed by atoms with Gasteiger partial charge in [-0.1, -0.05) is 6.92 Å². The number of hydrogen-bond donors (Lipinski definition) is 2. The van der Waals surface area contributed by atoms with E-state index in [1.165, 1.54) is 29.5 Å². The number of rotatable bonds is 4. The van der Waals surface area contributed by atoms with E-state index in [0.717, 1.165) is 5.92 Å². The van der Waals surface area contributed by atoms with E-state index in [1.54, 1.807) is 0 Å². The molecule has 2 fully saturated rings. The Balaban J connectivity index is 1.87. The van der Waals surface area contributed by atoms with Crippen LogP contribution in [-0.4, -0.2) is 45.7 Å². The van der Waals surface area contributed by atoms with Crippen LogP contribution in [0, 0.1) is 11.8 Å². The molecule has 0 aromatic rings. The molecular formula is C12H20N2O3S. The van der Waals surface area contributed by atoms with Gasteiger partial charge >= 0.3 is 12.0 Å². The number of amides is 2. The summed E-state index contributed by atoms with van der Waals surface area (Å²) in [5.74, 6) is 0.785. The molecule has 1 saturated heterocycles. The van der Waals surface area contributed by atoms with Crippen LogP contribution in [0.4, 0.5) is 4.79 Å². The molecule has 6 heteroatoms. The fourth-order valence-corrected chi connectivity index (χ4v) is 3.48. The van der Waals surface area contributed by atoms with Crippen LogP contribution in [0.5, 0.6) is 0 Å². The summed E-state index contributed by atoms with van der Waals surface area (Å²) in [7, 11) is 0. The lowest BCUT2D eigenvalue weighted by Crippen LogP contribution is -2.50. The van der Waals surface area contributed by atoms with Gasteiger partial charge in [0.05, 0.1) is 5.37 Å². The lowest BCUT2D eigenvalue weighted by atomic mass is 10.1. The molecular weight excluding hydrogens is 252 g/mol. The number of urea groups is 1. The maximum absolute atomic E-state index is 12.1. The molecule has 1 aliphatic carbocycles. The second kappa shape index (κ2) is 5.38. The van der Waals surface area contributed by atoms with Crippen molar-refractivity contribution in [1.29, 1.82) is 0 Å². The average Bonchev–Trinajstić information content (AvgIpc) is 3.08. The van der Waals surface area contributed by atoms with E-state index in [4.69, 9.17) is 5.11 Å². The Morgan fingerprint density at radius 2 is 2.17 bits per heavy atom. The van der Waals surface area contributed by atoms with E-state index in [9.17, 15) is 9.59 Å². The van der Waals surface area contributed by atoms with Crippen molar-refractivity contribution in [2.45, 2.75) is 38.1 Å². The Morgan fingerprint density at radius 3 is 2.72 bits per heavy atom. The zero-order valence-corrected chi connectivity index (χ0v) is 11.6. The highest BCUT2D eigenvalue weighted by molar-refractivity contribution is 8.00. The smallest absolute Gasteiger partial charge is 0.327 e. The van der Waals surface area contributed by atoms with Gasteiger partial charge in [-0.25, -0.2) is 9.59 Å². The van der Waals surface area contributed by atoms with Crippen LogP contribution in [0.1, 0.15) is 26.7 Å². The van der Waals surface area contributed by atoms with Crippen molar-refractivity contribution in [2.75, 3.05) is 12.3 Å². The zero-order chi connectivity index (χ0) is 13.3. The minimum Gasteiger partial charge on any atom is -0.480 e. The molecule has 3 atom stereocenters. The number of nitrogens with one attached hydrogen (secondary N) is 1. The van der Waals surface area contributed by atoms with Crippen molar-refractivity contribution in [3.8, 4) is 0 Å². The van der Waals surface area contributed by atoms with E-state index in [1.807, 2.05) is 6.92 Å². The molecule has 2 rings (SSSR count). The Kier molecular flexibility index (Phi) is 4.04. The van der Waals surface area contributed by atoms with Crippen molar-refractivity contribution in [3.63, 3.8) is 0 Å². The summed E-state index contributed by atoms with van der Waals surface area (Å²) in [6.07, 6.45) is 2.51. The quantitative estimate of drug-likeness (QED) is 0.815. The first-order chi connectivity index (χ1) is 8.50. The molecule has 3 unspecified atom stereocenters. The van der Waals surface area contributed by atoms with E-state index >= 15 is 0 Å². The molecule has 2 aliphatic rings. The van der Waals surface area contributed by atoms with Crippen molar-refractivity contribution < 1.29 is 14.7 Å². The van der Waals surface area contributed by atoms with Gasteiger partial charge in [0, 0.05) is 12.3 Å². The number of aliphatic carboxylic acids is 1. The maximum Gasteiger partial charge on any atom is 0.327 e. The monoisotopic (exact) mass is 272 g/mol. The number of carbonyl (C=O) groups excluding carboxylic acids is 1. The summed E-state index contributed by atoms with van der Waals surface area (Å²) in [6, 6.07) is -0.936. The van der Waals surface area contributed by atoms with Crippen molar-refractivity contribution in [2.24, 2.45) is 11.8 Å². The van der Waals surface area contributed by atoms with Crippen LogP contribution in [-0.2, 0) is 4.79 Å². The lowest BCUT2D eigenvalue weighted by molar-refractivity contribution is -0.141. The molecule has 0 aromatic heterocycles. The van der Waals surface area contributed by atoms with Crippen LogP contribution < -0.4 is 5.32 Å². The Morgan fingerprint density at radius 1 is 1.50 bits per heavy atom. The molecule has 5 nitrogen and oxygen atoms in total. The average molecular weight is 272 g/mol. The second-order valence-electron chi connectivity index (χ2n) is 5.19. The molecule has 1 aliphatic heterocycles. The minimum atomic E-state index is -0.919. The number of thioether (sulfide) groups is 1. The van der Waals surface area contributed by atoms with E-state index < -0.39 is 12.0 Å². The highest BCUT2D eigenvalue weighted by Gasteiger charge is 2.39.